The highest BCUT2D eigenvalue weighted by atomic mass is 79.9. The predicted molar refractivity (Wildman–Crippen MR) is 97.4 cm³/mol. The minimum atomic E-state index is 0.407. The third-order valence-corrected chi connectivity index (χ3v) is 4.54. The van der Waals surface area contributed by atoms with Crippen LogP contribution < -0.4 is 14.8 Å². The molecule has 0 saturated carbocycles. The van der Waals surface area contributed by atoms with E-state index < -0.39 is 0 Å². The van der Waals surface area contributed by atoms with Crippen molar-refractivity contribution in [2.24, 2.45) is 0 Å². The molecular formula is C17H29BrN2O2. The van der Waals surface area contributed by atoms with E-state index in [4.69, 9.17) is 9.47 Å². The van der Waals surface area contributed by atoms with Gasteiger partial charge in [-0.15, -0.1) is 0 Å². The van der Waals surface area contributed by atoms with Crippen molar-refractivity contribution in [2.75, 3.05) is 39.2 Å². The first-order chi connectivity index (χ1) is 10.5. The number of nitrogens with zero attached hydrogens (tertiary/aromatic N) is 1. The van der Waals surface area contributed by atoms with E-state index in [1.54, 1.807) is 14.2 Å². The van der Waals surface area contributed by atoms with Gasteiger partial charge in [0.1, 0.15) is 0 Å². The number of benzene rings is 1. The molecule has 0 aromatic heterocycles. The van der Waals surface area contributed by atoms with E-state index in [0.717, 1.165) is 47.7 Å². The van der Waals surface area contributed by atoms with Crippen molar-refractivity contribution in [1.82, 2.24) is 4.90 Å². The predicted octanol–water partition coefficient (Wildman–Crippen LogP) is 4.39. The molecule has 0 unspecified atom stereocenters. The fourth-order valence-electron chi connectivity index (χ4n) is 2.46. The van der Waals surface area contributed by atoms with Crippen LogP contribution >= 0.6 is 15.9 Å². The molecule has 0 heterocycles. The zero-order valence-electron chi connectivity index (χ0n) is 14.4. The van der Waals surface area contributed by atoms with Crippen molar-refractivity contribution in [2.45, 2.75) is 39.7 Å². The van der Waals surface area contributed by atoms with Crippen LogP contribution in [-0.4, -0.2) is 44.8 Å². The number of halogens is 1. The van der Waals surface area contributed by atoms with Crippen molar-refractivity contribution in [3.63, 3.8) is 0 Å². The average molecular weight is 373 g/mol. The lowest BCUT2D eigenvalue weighted by atomic mass is 10.1. The molecule has 0 radical (unpaired) electrons. The molecule has 126 valence electrons. The van der Waals surface area contributed by atoms with Gasteiger partial charge < -0.3 is 19.7 Å². The Morgan fingerprint density at radius 2 is 1.73 bits per heavy atom. The molecule has 0 aliphatic heterocycles. The molecule has 1 rings (SSSR count). The number of methoxy groups -OCH3 is 2. The Morgan fingerprint density at radius 1 is 1.14 bits per heavy atom. The maximum Gasteiger partial charge on any atom is 0.162 e. The van der Waals surface area contributed by atoms with Gasteiger partial charge in [0.2, 0.25) is 0 Å². The van der Waals surface area contributed by atoms with E-state index in [9.17, 15) is 0 Å². The summed E-state index contributed by atoms with van der Waals surface area (Å²) in [6.45, 7) is 10.1. The van der Waals surface area contributed by atoms with Crippen LogP contribution in [0.15, 0.2) is 16.6 Å². The lowest BCUT2D eigenvalue weighted by molar-refractivity contribution is 0.295. The Kier molecular flexibility index (Phi) is 8.64. The molecule has 0 bridgehead atoms. The van der Waals surface area contributed by atoms with Gasteiger partial charge in [0.05, 0.1) is 19.9 Å². The number of nitrogens with one attached hydrogen (secondary N) is 1. The standard InChI is InChI=1S/C17H29BrN2O2/c1-6-20(7-2)10-8-9-13(3)19-15-12-17(22-5)16(21-4)11-14(15)18/h11-13,19H,6-10H2,1-5H3/t13-/m0/s1. The summed E-state index contributed by atoms with van der Waals surface area (Å²) in [6.07, 6.45) is 2.33. The lowest BCUT2D eigenvalue weighted by Gasteiger charge is -2.21. The van der Waals surface area contributed by atoms with Gasteiger partial charge in [-0.2, -0.15) is 0 Å². The zero-order chi connectivity index (χ0) is 16.5. The van der Waals surface area contributed by atoms with E-state index in [-0.39, 0.29) is 0 Å². The minimum Gasteiger partial charge on any atom is -0.493 e. The quantitative estimate of drug-likeness (QED) is 0.660. The third kappa shape index (κ3) is 5.69. The van der Waals surface area contributed by atoms with E-state index in [1.165, 1.54) is 6.42 Å². The molecule has 1 aromatic carbocycles. The maximum absolute atomic E-state index is 5.36. The second-order valence-corrected chi connectivity index (χ2v) is 6.26. The van der Waals surface area contributed by atoms with Gasteiger partial charge >= 0.3 is 0 Å². The van der Waals surface area contributed by atoms with Gasteiger partial charge in [0.25, 0.3) is 0 Å². The smallest absolute Gasteiger partial charge is 0.162 e. The molecule has 0 fully saturated rings. The Balaban J connectivity index is 2.58. The molecule has 0 aliphatic rings. The number of ether oxygens (including phenoxy) is 2. The number of hydrogen-bond acceptors (Lipinski definition) is 4. The van der Waals surface area contributed by atoms with Crippen LogP contribution in [0.1, 0.15) is 33.6 Å². The average Bonchev–Trinajstić information content (AvgIpc) is 2.53. The van der Waals surface area contributed by atoms with E-state index >= 15 is 0 Å². The van der Waals surface area contributed by atoms with Crippen molar-refractivity contribution < 1.29 is 9.47 Å². The van der Waals surface area contributed by atoms with Crippen LogP contribution in [0.2, 0.25) is 0 Å². The Labute approximate surface area is 143 Å². The van der Waals surface area contributed by atoms with E-state index in [1.807, 2.05) is 12.1 Å². The van der Waals surface area contributed by atoms with Crippen LogP contribution in [0, 0.1) is 0 Å². The largest absolute Gasteiger partial charge is 0.493 e. The molecule has 0 amide bonds. The Bertz CT molecular complexity index is 451. The van der Waals surface area contributed by atoms with Gasteiger partial charge in [-0.1, -0.05) is 13.8 Å². The molecule has 1 aromatic rings. The molecule has 22 heavy (non-hydrogen) atoms. The van der Waals surface area contributed by atoms with Gasteiger partial charge in [0, 0.05) is 22.6 Å². The first-order valence-electron chi connectivity index (χ1n) is 7.96. The highest BCUT2D eigenvalue weighted by Crippen LogP contribution is 2.36. The van der Waals surface area contributed by atoms with Crippen molar-refractivity contribution in [3.8, 4) is 11.5 Å². The van der Waals surface area contributed by atoms with E-state index in [2.05, 4.69) is 46.9 Å². The Morgan fingerprint density at radius 3 is 2.27 bits per heavy atom. The number of hydrogen-bond donors (Lipinski definition) is 1. The third-order valence-electron chi connectivity index (χ3n) is 3.88. The first-order valence-corrected chi connectivity index (χ1v) is 8.75. The molecule has 4 nitrogen and oxygen atoms in total. The molecule has 0 saturated heterocycles. The van der Waals surface area contributed by atoms with Crippen molar-refractivity contribution in [3.05, 3.63) is 16.6 Å². The SMILES string of the molecule is CCN(CC)CCC[C@H](C)Nc1cc(OC)c(OC)cc1Br. The summed E-state index contributed by atoms with van der Waals surface area (Å²) >= 11 is 3.59. The fourth-order valence-corrected chi connectivity index (χ4v) is 2.90. The second-order valence-electron chi connectivity index (χ2n) is 5.40. The summed E-state index contributed by atoms with van der Waals surface area (Å²) in [7, 11) is 3.30. The molecule has 1 atom stereocenters. The molecule has 0 aliphatic carbocycles. The van der Waals surface area contributed by atoms with Crippen LogP contribution in [0.25, 0.3) is 0 Å². The highest BCUT2D eigenvalue weighted by Gasteiger charge is 2.11. The molecule has 0 spiro atoms. The first kappa shape index (κ1) is 19.1. The topological polar surface area (TPSA) is 33.7 Å². The summed E-state index contributed by atoms with van der Waals surface area (Å²) in [5.41, 5.74) is 1.04. The van der Waals surface area contributed by atoms with Crippen LogP contribution in [0.4, 0.5) is 5.69 Å². The number of anilines is 1. The summed E-state index contributed by atoms with van der Waals surface area (Å²) in [5.74, 6) is 1.47. The van der Waals surface area contributed by atoms with Gasteiger partial charge in [-0.05, 0) is 55.3 Å². The van der Waals surface area contributed by atoms with Gasteiger partial charge in [-0.25, -0.2) is 0 Å². The molecular weight excluding hydrogens is 344 g/mol. The summed E-state index contributed by atoms with van der Waals surface area (Å²) in [4.78, 5) is 2.46. The maximum atomic E-state index is 5.36. The monoisotopic (exact) mass is 372 g/mol. The van der Waals surface area contributed by atoms with Gasteiger partial charge in [-0.3, -0.25) is 0 Å². The van der Waals surface area contributed by atoms with E-state index in [0.29, 0.717) is 6.04 Å². The zero-order valence-corrected chi connectivity index (χ0v) is 16.0. The normalized spacial score (nSPS) is 12.3. The number of rotatable bonds is 10. The second kappa shape index (κ2) is 9.95. The van der Waals surface area contributed by atoms with Crippen LogP contribution in [0.3, 0.4) is 0 Å². The van der Waals surface area contributed by atoms with Crippen LogP contribution in [-0.2, 0) is 0 Å². The van der Waals surface area contributed by atoms with Crippen molar-refractivity contribution >= 4 is 21.6 Å². The van der Waals surface area contributed by atoms with Gasteiger partial charge in [0.15, 0.2) is 11.5 Å². The minimum absolute atomic E-state index is 0.407. The highest BCUT2D eigenvalue weighted by molar-refractivity contribution is 9.10. The summed E-state index contributed by atoms with van der Waals surface area (Å²) in [5, 5.41) is 3.55. The van der Waals surface area contributed by atoms with Crippen LogP contribution in [0.5, 0.6) is 11.5 Å². The summed E-state index contributed by atoms with van der Waals surface area (Å²) in [6, 6.07) is 4.32. The lowest BCUT2D eigenvalue weighted by Crippen LogP contribution is -2.25. The van der Waals surface area contributed by atoms with Crippen molar-refractivity contribution in [1.29, 1.82) is 0 Å². The molecule has 5 heteroatoms. The fraction of sp³-hybridized carbons (Fsp3) is 0.647. The Hall–Kier alpha value is -0.940. The summed E-state index contributed by atoms with van der Waals surface area (Å²) < 4.78 is 11.7. The molecule has 1 N–H and O–H groups in total.